The first-order valence-electron chi connectivity index (χ1n) is 2.51. The van der Waals surface area contributed by atoms with E-state index in [1.54, 1.807) is 0 Å². The molecule has 0 aromatic carbocycles. The summed E-state index contributed by atoms with van der Waals surface area (Å²) in [5, 5.41) is 0. The predicted molar refractivity (Wildman–Crippen MR) is 35.3 cm³/mol. The Morgan fingerprint density at radius 1 is 1.11 bits per heavy atom. The van der Waals surface area contributed by atoms with Crippen molar-refractivity contribution in [3.63, 3.8) is 0 Å². The van der Waals surface area contributed by atoms with Crippen LogP contribution in [0.1, 0.15) is 0 Å². The van der Waals surface area contributed by atoms with Gasteiger partial charge in [0.2, 0.25) is 0 Å². The fourth-order valence-corrected chi connectivity index (χ4v) is 0. The predicted octanol–water partition coefficient (Wildman–Crippen LogP) is 3.12. The molecular weight excluding hydrogens is 169 g/mol. The van der Waals surface area contributed by atoms with Crippen LogP contribution in [-0.2, 0) is 0 Å². The molecule has 5 heteroatoms. The van der Waals surface area contributed by atoms with E-state index in [2.05, 4.69) is 0 Å². The molecule has 0 aliphatic carbocycles. The van der Waals surface area contributed by atoms with Gasteiger partial charge in [-0.3, -0.25) is 0 Å². The second-order valence-electron chi connectivity index (χ2n) is 3.41. The average molecular weight is 178 g/mol. The zero-order valence-corrected chi connectivity index (χ0v) is 7.27. The van der Waals surface area contributed by atoms with E-state index in [0.717, 1.165) is 19.6 Å². The van der Waals surface area contributed by atoms with Gasteiger partial charge in [0.1, 0.15) is 0 Å². The average Bonchev–Trinajstić information content (AvgIpc) is 1.20. The molecule has 0 atom stereocenters. The van der Waals surface area contributed by atoms with Crippen molar-refractivity contribution in [2.45, 2.75) is 25.4 Å². The normalized spacial score (nSPS) is 18.8. The van der Waals surface area contributed by atoms with E-state index in [9.17, 15) is 13.2 Å². The molecule has 0 fully saturated rings. The van der Waals surface area contributed by atoms with Gasteiger partial charge in [-0.2, -0.15) is 0 Å². The first-order chi connectivity index (χ1) is 3.51. The molecule has 0 saturated carbocycles. The summed E-state index contributed by atoms with van der Waals surface area (Å²) >= 11 is 5.29. The van der Waals surface area contributed by atoms with E-state index in [1.807, 2.05) is 0 Å². The summed E-state index contributed by atoms with van der Waals surface area (Å²) in [4.78, 5) is 0. The molecular formula is C4H9ClF3Si-. The Hall–Kier alpha value is 0.297. The number of rotatable bonds is 0. The molecule has 0 aliphatic heterocycles. The van der Waals surface area contributed by atoms with Crippen LogP contribution in [-0.4, -0.2) is 12.5 Å². The fourth-order valence-electron chi connectivity index (χ4n) is 0. The van der Waals surface area contributed by atoms with Crippen LogP contribution in [0.4, 0.5) is 13.2 Å². The summed E-state index contributed by atoms with van der Waals surface area (Å²) in [6, 6.07) is 0. The van der Waals surface area contributed by atoms with E-state index >= 15 is 0 Å². The maximum atomic E-state index is 11.9. The van der Waals surface area contributed by atoms with Gasteiger partial charge < -0.3 is 0 Å². The third-order valence-corrected chi connectivity index (χ3v) is 3.52. The molecule has 0 aliphatic rings. The van der Waals surface area contributed by atoms with E-state index in [1.165, 1.54) is 0 Å². The summed E-state index contributed by atoms with van der Waals surface area (Å²) in [5.41, 5.74) is 0. The van der Waals surface area contributed by atoms with Gasteiger partial charge >= 0.3 is 56.4 Å². The SMILES string of the molecule is C[Si-](C)(C)(Cl)C(F)(F)F. The number of hydrogen-bond acceptors (Lipinski definition) is 0. The van der Waals surface area contributed by atoms with Gasteiger partial charge in [-0.05, 0) is 0 Å². The Balaban J connectivity index is 4.56. The van der Waals surface area contributed by atoms with E-state index in [4.69, 9.17) is 11.1 Å². The van der Waals surface area contributed by atoms with Crippen LogP contribution >= 0.6 is 11.1 Å². The van der Waals surface area contributed by atoms with Crippen molar-refractivity contribution in [2.75, 3.05) is 0 Å². The third-order valence-electron chi connectivity index (χ3n) is 0.958. The molecule has 0 nitrogen and oxygen atoms in total. The molecule has 0 spiro atoms. The first kappa shape index (κ1) is 9.30. The van der Waals surface area contributed by atoms with Crippen LogP contribution in [0.25, 0.3) is 0 Å². The minimum absolute atomic E-state index is 1.08. The van der Waals surface area contributed by atoms with E-state index < -0.39 is 12.5 Å². The Labute approximate surface area is 57.1 Å². The zero-order chi connectivity index (χ0) is 7.95. The van der Waals surface area contributed by atoms with Crippen LogP contribution < -0.4 is 0 Å². The van der Waals surface area contributed by atoms with Crippen molar-refractivity contribution < 1.29 is 13.2 Å². The number of hydrogen-bond donors (Lipinski definition) is 0. The maximum absolute atomic E-state index is 11.9. The molecule has 0 unspecified atom stereocenters. The third kappa shape index (κ3) is 2.18. The molecule has 0 radical (unpaired) electrons. The summed E-state index contributed by atoms with van der Waals surface area (Å²) in [6.07, 6.45) is 0. The van der Waals surface area contributed by atoms with Crippen LogP contribution in [0.15, 0.2) is 0 Å². The van der Waals surface area contributed by atoms with Crippen molar-refractivity contribution in [1.29, 1.82) is 0 Å². The molecule has 0 aromatic heterocycles. The second-order valence-corrected chi connectivity index (χ2v) is 13.8. The molecule has 0 rings (SSSR count). The van der Waals surface area contributed by atoms with Crippen molar-refractivity contribution in [3.05, 3.63) is 0 Å². The van der Waals surface area contributed by atoms with Gasteiger partial charge in [0, 0.05) is 0 Å². The van der Waals surface area contributed by atoms with Crippen LogP contribution in [0.3, 0.4) is 0 Å². The summed E-state index contributed by atoms with van der Waals surface area (Å²) in [5.74, 6) is -4.21. The first-order valence-corrected chi connectivity index (χ1v) is 7.52. The van der Waals surface area contributed by atoms with Crippen LogP contribution in [0.2, 0.25) is 19.6 Å². The van der Waals surface area contributed by atoms with E-state index in [0.29, 0.717) is 0 Å². The molecule has 0 bridgehead atoms. The molecule has 9 heavy (non-hydrogen) atoms. The molecule has 0 heterocycles. The standard InChI is InChI=1S/C4H9ClF3Si/c1-9(2,3,5)4(6,7)8/h1-3H3/q-1. The van der Waals surface area contributed by atoms with Crippen molar-refractivity contribution >= 4 is 17.7 Å². The fraction of sp³-hybridized carbons (Fsp3) is 1.00. The molecule has 0 N–H and O–H groups in total. The quantitative estimate of drug-likeness (QED) is 0.394. The summed E-state index contributed by atoms with van der Waals surface area (Å²) < 4.78 is 35.6. The van der Waals surface area contributed by atoms with E-state index in [-0.39, 0.29) is 0 Å². The van der Waals surface area contributed by atoms with Gasteiger partial charge in [0.05, 0.1) is 0 Å². The Bertz CT molecular complexity index is 111. The topological polar surface area (TPSA) is 0 Å². The van der Waals surface area contributed by atoms with Gasteiger partial charge in [0.15, 0.2) is 0 Å². The van der Waals surface area contributed by atoms with Gasteiger partial charge in [-0.15, -0.1) is 0 Å². The second kappa shape index (κ2) is 1.66. The minimum atomic E-state index is -4.21. The van der Waals surface area contributed by atoms with Gasteiger partial charge in [0.25, 0.3) is 0 Å². The Morgan fingerprint density at radius 3 is 1.22 bits per heavy atom. The Morgan fingerprint density at radius 2 is 1.22 bits per heavy atom. The van der Waals surface area contributed by atoms with Crippen LogP contribution in [0.5, 0.6) is 0 Å². The zero-order valence-electron chi connectivity index (χ0n) is 5.51. The molecule has 0 saturated heterocycles. The number of halogens is 4. The monoisotopic (exact) mass is 177 g/mol. The van der Waals surface area contributed by atoms with Crippen molar-refractivity contribution in [3.8, 4) is 0 Å². The Kier molecular flexibility index (Phi) is 1.72. The molecule has 58 valence electrons. The number of alkyl halides is 3. The molecule has 0 aromatic rings. The summed E-state index contributed by atoms with van der Waals surface area (Å²) in [7, 11) is 0. The molecule has 0 amide bonds. The van der Waals surface area contributed by atoms with Crippen molar-refractivity contribution in [1.82, 2.24) is 0 Å². The summed E-state index contributed by atoms with van der Waals surface area (Å²) in [6.45, 7) is -0.817. The van der Waals surface area contributed by atoms with Gasteiger partial charge in [-0.25, -0.2) is 0 Å². The van der Waals surface area contributed by atoms with Crippen molar-refractivity contribution in [2.24, 2.45) is 0 Å². The van der Waals surface area contributed by atoms with Gasteiger partial charge in [-0.1, -0.05) is 0 Å². The van der Waals surface area contributed by atoms with Crippen LogP contribution in [0, 0.1) is 0 Å².